The third-order valence-corrected chi connectivity index (χ3v) is 7.52. The fourth-order valence-electron chi connectivity index (χ4n) is 5.05. The fraction of sp³-hybridized carbons (Fsp3) is 0.114. The van der Waals surface area contributed by atoms with Gasteiger partial charge in [-0.1, -0.05) is 103 Å². The highest BCUT2D eigenvalue weighted by Crippen LogP contribution is 2.44. The van der Waals surface area contributed by atoms with Gasteiger partial charge in [-0.3, -0.25) is 0 Å². The topological polar surface area (TPSA) is 15.3 Å². The lowest BCUT2D eigenvalue weighted by atomic mass is 9.90. The van der Waals surface area contributed by atoms with Gasteiger partial charge in [0.1, 0.15) is 4.99 Å². The van der Waals surface area contributed by atoms with E-state index in [2.05, 4.69) is 5.32 Å². The molecule has 0 saturated carbocycles. The molecule has 0 heterocycles. The Balaban J connectivity index is 1.73. The van der Waals surface area contributed by atoms with E-state index in [-0.39, 0.29) is 0 Å². The minimum Gasteiger partial charge on any atom is -0.367 e. The molecular weight excluding hydrogens is 594 g/mol. The lowest BCUT2D eigenvalue weighted by molar-refractivity contribution is -0.138. The number of thiocarbonyl (C=S) groups is 1. The predicted molar refractivity (Wildman–Crippen MR) is 165 cm³/mol. The van der Waals surface area contributed by atoms with Crippen molar-refractivity contribution in [3.05, 3.63) is 167 Å². The van der Waals surface area contributed by atoms with Gasteiger partial charge in [-0.2, -0.15) is 26.3 Å². The van der Waals surface area contributed by atoms with Crippen LogP contribution in [0.1, 0.15) is 39.9 Å². The molecule has 5 aromatic carbocycles. The monoisotopic (exact) mass is 620 g/mol. The maximum atomic E-state index is 13.5. The maximum Gasteiger partial charge on any atom is 0.416 e. The van der Waals surface area contributed by atoms with Crippen LogP contribution in [0.4, 0.5) is 37.7 Å². The van der Waals surface area contributed by atoms with E-state index >= 15 is 0 Å². The summed E-state index contributed by atoms with van der Waals surface area (Å²) in [5.41, 5.74) is 1.33. The van der Waals surface area contributed by atoms with Crippen LogP contribution in [0.5, 0.6) is 0 Å². The molecule has 0 amide bonds. The highest BCUT2D eigenvalue weighted by molar-refractivity contribution is 7.80. The highest BCUT2D eigenvalue weighted by Gasteiger charge is 2.35. The van der Waals surface area contributed by atoms with Crippen LogP contribution in [-0.2, 0) is 12.4 Å². The number of alkyl halides is 6. The van der Waals surface area contributed by atoms with Crippen molar-refractivity contribution >= 4 is 28.6 Å². The van der Waals surface area contributed by atoms with Crippen molar-refractivity contribution in [1.29, 1.82) is 0 Å². The number of rotatable bonds is 8. The van der Waals surface area contributed by atoms with Crippen LogP contribution in [-0.4, -0.2) is 4.99 Å². The van der Waals surface area contributed by atoms with E-state index < -0.39 is 35.6 Å². The van der Waals surface area contributed by atoms with Crippen molar-refractivity contribution in [1.82, 2.24) is 5.32 Å². The lowest BCUT2D eigenvalue weighted by Crippen LogP contribution is -2.39. The van der Waals surface area contributed by atoms with Gasteiger partial charge in [0.2, 0.25) is 0 Å². The summed E-state index contributed by atoms with van der Waals surface area (Å²) in [5, 5.41) is 3.47. The summed E-state index contributed by atoms with van der Waals surface area (Å²) in [6.45, 7) is 0. The zero-order valence-corrected chi connectivity index (χ0v) is 23.9. The van der Waals surface area contributed by atoms with Gasteiger partial charge >= 0.3 is 12.4 Å². The smallest absolute Gasteiger partial charge is 0.367 e. The van der Waals surface area contributed by atoms with Gasteiger partial charge in [0.05, 0.1) is 23.2 Å². The van der Waals surface area contributed by atoms with Crippen LogP contribution in [0.15, 0.2) is 140 Å². The van der Waals surface area contributed by atoms with E-state index in [1.165, 1.54) is 24.3 Å². The van der Waals surface area contributed by atoms with Gasteiger partial charge in [0.25, 0.3) is 0 Å². The Bertz CT molecular complexity index is 1600. The number of nitrogens with one attached hydrogen (secondary N) is 1. The number of nitrogens with zero attached hydrogens (tertiary/aromatic N) is 1. The summed E-state index contributed by atoms with van der Waals surface area (Å²) < 4.78 is 81.2. The van der Waals surface area contributed by atoms with Crippen LogP contribution >= 0.6 is 12.2 Å². The molecule has 0 aliphatic heterocycles. The van der Waals surface area contributed by atoms with Crippen LogP contribution < -0.4 is 10.2 Å². The Labute approximate surface area is 256 Å². The summed E-state index contributed by atoms with van der Waals surface area (Å²) in [5.74, 6) is 0. The molecule has 0 saturated heterocycles. The minimum atomic E-state index is -4.56. The first-order chi connectivity index (χ1) is 21.0. The lowest BCUT2D eigenvalue weighted by Gasteiger charge is -2.40. The van der Waals surface area contributed by atoms with Gasteiger partial charge < -0.3 is 10.2 Å². The van der Waals surface area contributed by atoms with Gasteiger partial charge in [0, 0.05) is 16.9 Å². The molecule has 9 heteroatoms. The van der Waals surface area contributed by atoms with Crippen LogP contribution in [0, 0.1) is 0 Å². The molecule has 0 aromatic heterocycles. The van der Waals surface area contributed by atoms with Crippen LogP contribution in [0.25, 0.3) is 0 Å². The van der Waals surface area contributed by atoms with Crippen LogP contribution in [0.3, 0.4) is 0 Å². The SMILES string of the molecule is FC(F)(F)c1ccc(N(c2ccc(C(F)(F)F)cc2)C(c2ccccc2)C(NC(=S)c2ccccc2)c2ccccc2)cc1. The molecule has 2 nitrogen and oxygen atoms in total. The molecule has 0 fully saturated rings. The summed E-state index contributed by atoms with van der Waals surface area (Å²) in [7, 11) is 0. The number of benzene rings is 5. The first kappa shape index (κ1) is 30.8. The molecule has 0 spiro atoms. The van der Waals surface area contributed by atoms with E-state index in [1.807, 2.05) is 91.0 Å². The summed E-state index contributed by atoms with van der Waals surface area (Å²) >= 11 is 5.82. The molecule has 0 aliphatic carbocycles. The summed E-state index contributed by atoms with van der Waals surface area (Å²) in [6.07, 6.45) is -9.13. The molecule has 1 N–H and O–H groups in total. The Morgan fingerprint density at radius 3 is 1.32 bits per heavy atom. The minimum absolute atomic E-state index is 0.347. The molecule has 2 atom stereocenters. The Kier molecular flexibility index (Phi) is 9.06. The van der Waals surface area contributed by atoms with E-state index in [9.17, 15) is 26.3 Å². The second-order valence-corrected chi connectivity index (χ2v) is 10.5. The Morgan fingerprint density at radius 1 is 0.523 bits per heavy atom. The van der Waals surface area contributed by atoms with Gasteiger partial charge in [0.15, 0.2) is 0 Å². The Hall–Kier alpha value is -4.63. The first-order valence-corrected chi connectivity index (χ1v) is 14.0. The fourth-order valence-corrected chi connectivity index (χ4v) is 5.32. The van der Waals surface area contributed by atoms with E-state index in [0.29, 0.717) is 16.4 Å². The second kappa shape index (κ2) is 12.9. The van der Waals surface area contributed by atoms with E-state index in [1.54, 1.807) is 4.90 Å². The average Bonchev–Trinajstić information content (AvgIpc) is 3.03. The van der Waals surface area contributed by atoms with E-state index in [4.69, 9.17) is 12.2 Å². The highest BCUT2D eigenvalue weighted by atomic mass is 32.1. The number of hydrogen-bond acceptors (Lipinski definition) is 2. The summed E-state index contributed by atoms with van der Waals surface area (Å²) in [4.78, 5) is 2.17. The molecule has 0 aliphatic rings. The van der Waals surface area contributed by atoms with Crippen molar-refractivity contribution < 1.29 is 26.3 Å². The third-order valence-electron chi connectivity index (χ3n) is 7.16. The van der Waals surface area contributed by atoms with Gasteiger partial charge in [-0.25, -0.2) is 0 Å². The van der Waals surface area contributed by atoms with Crippen molar-refractivity contribution in [3.8, 4) is 0 Å². The zero-order valence-electron chi connectivity index (χ0n) is 23.1. The van der Waals surface area contributed by atoms with Crippen molar-refractivity contribution in [3.63, 3.8) is 0 Å². The third kappa shape index (κ3) is 7.11. The normalized spacial score (nSPS) is 13.1. The average molecular weight is 621 g/mol. The molecule has 224 valence electrons. The number of anilines is 2. The molecule has 5 rings (SSSR count). The Morgan fingerprint density at radius 2 is 0.909 bits per heavy atom. The van der Waals surface area contributed by atoms with Crippen molar-refractivity contribution in [2.45, 2.75) is 24.4 Å². The molecular formula is C35H26F6N2S. The molecule has 0 radical (unpaired) electrons. The van der Waals surface area contributed by atoms with E-state index in [0.717, 1.165) is 41.0 Å². The predicted octanol–water partition coefficient (Wildman–Crippen LogP) is 10.3. The molecule has 0 bridgehead atoms. The largest absolute Gasteiger partial charge is 0.416 e. The molecule has 2 unspecified atom stereocenters. The molecule has 44 heavy (non-hydrogen) atoms. The number of halogens is 6. The summed E-state index contributed by atoms with van der Waals surface area (Å²) in [6, 6.07) is 35.8. The maximum absolute atomic E-state index is 13.5. The van der Waals surface area contributed by atoms with Crippen molar-refractivity contribution in [2.24, 2.45) is 0 Å². The van der Waals surface area contributed by atoms with Crippen LogP contribution in [0.2, 0.25) is 0 Å². The number of hydrogen-bond donors (Lipinski definition) is 1. The van der Waals surface area contributed by atoms with Crippen molar-refractivity contribution in [2.75, 3.05) is 4.90 Å². The quantitative estimate of drug-likeness (QED) is 0.137. The van der Waals surface area contributed by atoms with Gasteiger partial charge in [-0.05, 0) is 59.7 Å². The zero-order chi connectivity index (χ0) is 31.3. The standard InChI is InChI=1S/C35H26F6N2S/c36-34(37,38)27-16-20-29(21-17-27)43(30-22-18-28(19-23-30)35(39,40)41)32(25-12-6-2-7-13-25)31(24-10-4-1-5-11-24)42-33(44)26-14-8-3-9-15-26/h1-23,31-32H,(H,42,44). The second-order valence-electron chi connectivity index (χ2n) is 10.0. The van der Waals surface area contributed by atoms with Gasteiger partial charge in [-0.15, -0.1) is 0 Å². The first-order valence-electron chi connectivity index (χ1n) is 13.6. The molecule has 5 aromatic rings.